The Morgan fingerprint density at radius 2 is 2.14 bits per heavy atom. The Bertz CT molecular complexity index is 451. The molecular formula is C12H13NO. The van der Waals surface area contributed by atoms with E-state index in [0.717, 1.165) is 16.7 Å². The van der Waals surface area contributed by atoms with E-state index in [4.69, 9.17) is 4.74 Å². The van der Waals surface area contributed by atoms with Gasteiger partial charge in [0.2, 0.25) is 0 Å². The van der Waals surface area contributed by atoms with E-state index in [1.165, 1.54) is 5.56 Å². The van der Waals surface area contributed by atoms with Crippen molar-refractivity contribution in [3.05, 3.63) is 36.0 Å². The van der Waals surface area contributed by atoms with Crippen LogP contribution in [0, 0.1) is 6.92 Å². The molecular weight excluding hydrogens is 174 g/mol. The molecule has 2 heteroatoms. The Balaban J connectivity index is 2.64. The van der Waals surface area contributed by atoms with Gasteiger partial charge in [0.1, 0.15) is 5.75 Å². The van der Waals surface area contributed by atoms with Gasteiger partial charge in [-0.3, -0.25) is 4.98 Å². The molecule has 0 atom stereocenters. The van der Waals surface area contributed by atoms with Crippen LogP contribution < -0.4 is 4.74 Å². The summed E-state index contributed by atoms with van der Waals surface area (Å²) < 4.78 is 5.53. The molecule has 0 N–H and O–H groups in total. The van der Waals surface area contributed by atoms with E-state index in [2.05, 4.69) is 24.0 Å². The van der Waals surface area contributed by atoms with Crippen LogP contribution >= 0.6 is 0 Å². The van der Waals surface area contributed by atoms with Gasteiger partial charge in [-0.1, -0.05) is 11.6 Å². The van der Waals surface area contributed by atoms with E-state index < -0.39 is 0 Å². The highest BCUT2D eigenvalue weighted by molar-refractivity contribution is 5.85. The van der Waals surface area contributed by atoms with Crippen molar-refractivity contribution in [1.29, 1.82) is 0 Å². The Morgan fingerprint density at radius 1 is 1.29 bits per heavy atom. The third-order valence-corrected chi connectivity index (χ3v) is 2.16. The van der Waals surface area contributed by atoms with Crippen LogP contribution in [0.15, 0.2) is 30.5 Å². The molecule has 72 valence electrons. The summed E-state index contributed by atoms with van der Waals surface area (Å²) in [7, 11) is 0. The van der Waals surface area contributed by atoms with E-state index in [0.29, 0.717) is 6.61 Å². The van der Waals surface area contributed by atoms with E-state index in [9.17, 15) is 0 Å². The number of pyridine rings is 1. The van der Waals surface area contributed by atoms with Crippen LogP contribution in [0.2, 0.25) is 0 Å². The fourth-order valence-corrected chi connectivity index (χ4v) is 1.52. The first-order valence-electron chi connectivity index (χ1n) is 4.79. The first-order chi connectivity index (χ1) is 6.81. The summed E-state index contributed by atoms with van der Waals surface area (Å²) in [6, 6.07) is 8.09. The highest BCUT2D eigenvalue weighted by Gasteiger charge is 2.01. The van der Waals surface area contributed by atoms with Crippen LogP contribution in [-0.2, 0) is 0 Å². The molecule has 1 aromatic heterocycles. The zero-order chi connectivity index (χ0) is 9.97. The zero-order valence-corrected chi connectivity index (χ0v) is 8.45. The normalized spacial score (nSPS) is 10.4. The maximum absolute atomic E-state index is 5.53. The van der Waals surface area contributed by atoms with Gasteiger partial charge in [0, 0.05) is 11.6 Å². The van der Waals surface area contributed by atoms with Crippen molar-refractivity contribution in [2.24, 2.45) is 0 Å². The van der Waals surface area contributed by atoms with Gasteiger partial charge in [-0.05, 0) is 32.0 Å². The van der Waals surface area contributed by atoms with Crippen molar-refractivity contribution in [2.75, 3.05) is 6.61 Å². The molecule has 2 nitrogen and oxygen atoms in total. The molecule has 0 spiro atoms. The van der Waals surface area contributed by atoms with Crippen LogP contribution in [0.3, 0.4) is 0 Å². The van der Waals surface area contributed by atoms with Gasteiger partial charge in [-0.2, -0.15) is 0 Å². The number of fused-ring (bicyclic) bond motifs is 1. The number of aryl methyl sites for hydroxylation is 1. The summed E-state index contributed by atoms with van der Waals surface area (Å²) in [6.07, 6.45) is 1.78. The lowest BCUT2D eigenvalue weighted by Crippen LogP contribution is -1.93. The molecule has 0 aliphatic carbocycles. The smallest absolute Gasteiger partial charge is 0.130 e. The molecule has 0 radical (unpaired) electrons. The molecule has 0 saturated carbocycles. The quantitative estimate of drug-likeness (QED) is 0.721. The van der Waals surface area contributed by atoms with Crippen LogP contribution in [-0.4, -0.2) is 11.6 Å². The van der Waals surface area contributed by atoms with Crippen molar-refractivity contribution in [3.63, 3.8) is 0 Å². The van der Waals surface area contributed by atoms with Crippen molar-refractivity contribution < 1.29 is 4.74 Å². The molecule has 0 fully saturated rings. The minimum atomic E-state index is 0.688. The van der Waals surface area contributed by atoms with Crippen molar-refractivity contribution in [1.82, 2.24) is 4.98 Å². The van der Waals surface area contributed by atoms with E-state index >= 15 is 0 Å². The molecule has 2 rings (SSSR count). The predicted octanol–water partition coefficient (Wildman–Crippen LogP) is 2.94. The van der Waals surface area contributed by atoms with Gasteiger partial charge in [-0.25, -0.2) is 0 Å². The number of hydrogen-bond donors (Lipinski definition) is 0. The lowest BCUT2D eigenvalue weighted by atomic mass is 10.1. The van der Waals surface area contributed by atoms with Gasteiger partial charge in [0.25, 0.3) is 0 Å². The monoisotopic (exact) mass is 187 g/mol. The highest BCUT2D eigenvalue weighted by atomic mass is 16.5. The Morgan fingerprint density at radius 3 is 2.93 bits per heavy atom. The van der Waals surface area contributed by atoms with Crippen LogP contribution in [0.1, 0.15) is 12.5 Å². The molecule has 0 aliphatic heterocycles. The lowest BCUT2D eigenvalue weighted by Gasteiger charge is -2.06. The van der Waals surface area contributed by atoms with Gasteiger partial charge in [0.05, 0.1) is 12.1 Å². The summed E-state index contributed by atoms with van der Waals surface area (Å²) in [5.41, 5.74) is 2.22. The van der Waals surface area contributed by atoms with Gasteiger partial charge in [-0.15, -0.1) is 0 Å². The fraction of sp³-hybridized carbons (Fsp3) is 0.250. The van der Waals surface area contributed by atoms with Crippen molar-refractivity contribution in [2.45, 2.75) is 13.8 Å². The van der Waals surface area contributed by atoms with E-state index in [1.54, 1.807) is 6.20 Å². The summed E-state index contributed by atoms with van der Waals surface area (Å²) >= 11 is 0. The summed E-state index contributed by atoms with van der Waals surface area (Å²) in [4.78, 5) is 4.29. The molecule has 1 aromatic carbocycles. The SMILES string of the molecule is CCOc1ccnc2ccc(C)cc12. The Kier molecular flexibility index (Phi) is 2.35. The summed E-state index contributed by atoms with van der Waals surface area (Å²) in [5.74, 6) is 0.918. The average Bonchev–Trinajstić information content (AvgIpc) is 2.19. The summed E-state index contributed by atoms with van der Waals surface area (Å²) in [6.45, 7) is 4.75. The van der Waals surface area contributed by atoms with E-state index in [-0.39, 0.29) is 0 Å². The van der Waals surface area contributed by atoms with Crippen molar-refractivity contribution in [3.8, 4) is 5.75 Å². The van der Waals surface area contributed by atoms with Crippen LogP contribution in [0.4, 0.5) is 0 Å². The second-order valence-electron chi connectivity index (χ2n) is 3.26. The molecule has 0 aliphatic rings. The molecule has 2 aromatic rings. The predicted molar refractivity (Wildman–Crippen MR) is 57.6 cm³/mol. The van der Waals surface area contributed by atoms with Gasteiger partial charge in [0.15, 0.2) is 0 Å². The largest absolute Gasteiger partial charge is 0.493 e. The zero-order valence-electron chi connectivity index (χ0n) is 8.45. The van der Waals surface area contributed by atoms with Crippen LogP contribution in [0.25, 0.3) is 10.9 Å². The van der Waals surface area contributed by atoms with E-state index in [1.807, 2.05) is 19.1 Å². The number of hydrogen-bond acceptors (Lipinski definition) is 2. The third-order valence-electron chi connectivity index (χ3n) is 2.16. The van der Waals surface area contributed by atoms with Crippen LogP contribution in [0.5, 0.6) is 5.75 Å². The maximum Gasteiger partial charge on any atom is 0.130 e. The molecule has 0 amide bonds. The molecule has 14 heavy (non-hydrogen) atoms. The van der Waals surface area contributed by atoms with Gasteiger partial charge >= 0.3 is 0 Å². The second kappa shape index (κ2) is 3.66. The van der Waals surface area contributed by atoms with Crippen molar-refractivity contribution >= 4 is 10.9 Å². The number of nitrogens with zero attached hydrogens (tertiary/aromatic N) is 1. The second-order valence-corrected chi connectivity index (χ2v) is 3.26. The highest BCUT2D eigenvalue weighted by Crippen LogP contribution is 2.24. The first-order valence-corrected chi connectivity index (χ1v) is 4.79. The number of rotatable bonds is 2. The topological polar surface area (TPSA) is 22.1 Å². The minimum Gasteiger partial charge on any atom is -0.493 e. The maximum atomic E-state index is 5.53. The molecule has 0 unspecified atom stereocenters. The van der Waals surface area contributed by atoms with Gasteiger partial charge < -0.3 is 4.74 Å². The summed E-state index contributed by atoms with van der Waals surface area (Å²) in [5, 5.41) is 1.09. The number of ether oxygens (including phenoxy) is 1. The Labute approximate surface area is 83.5 Å². The molecule has 0 bridgehead atoms. The minimum absolute atomic E-state index is 0.688. The lowest BCUT2D eigenvalue weighted by molar-refractivity contribution is 0.344. The first kappa shape index (κ1) is 9.00. The average molecular weight is 187 g/mol. The Hall–Kier alpha value is -1.57. The standard InChI is InChI=1S/C12H13NO/c1-3-14-12-6-7-13-11-5-4-9(2)8-10(11)12/h4-8H,3H2,1-2H3. The number of benzene rings is 1. The number of aromatic nitrogens is 1. The third kappa shape index (κ3) is 1.55. The molecule has 0 saturated heterocycles. The fourth-order valence-electron chi connectivity index (χ4n) is 1.52. The molecule has 1 heterocycles.